The number of carbonyl (C=O) groups excluding carboxylic acids is 1. The number of ether oxygens (including phenoxy) is 1. The van der Waals surface area contributed by atoms with E-state index in [1.807, 2.05) is 41.3 Å². The van der Waals surface area contributed by atoms with E-state index in [1.165, 1.54) is 11.8 Å². The third-order valence-corrected chi connectivity index (χ3v) is 5.51. The van der Waals surface area contributed by atoms with Gasteiger partial charge in [0, 0.05) is 23.3 Å². The molecule has 1 aromatic carbocycles. The summed E-state index contributed by atoms with van der Waals surface area (Å²) in [7, 11) is 1.56. The fourth-order valence-corrected chi connectivity index (χ4v) is 4.05. The second kappa shape index (κ2) is 6.75. The minimum atomic E-state index is -0.414. The molecule has 0 unspecified atom stereocenters. The van der Waals surface area contributed by atoms with E-state index in [2.05, 4.69) is 4.99 Å². The number of nitrogens with one attached hydrogen (secondary N) is 1. The van der Waals surface area contributed by atoms with Crippen LogP contribution < -0.4 is 4.74 Å². The quantitative estimate of drug-likeness (QED) is 0.782. The van der Waals surface area contributed by atoms with Gasteiger partial charge in [-0.2, -0.15) is 4.99 Å². The lowest BCUT2D eigenvalue weighted by Gasteiger charge is -2.25. The summed E-state index contributed by atoms with van der Waals surface area (Å²) in [5.74, 6) is 0.305. The van der Waals surface area contributed by atoms with E-state index in [4.69, 9.17) is 21.7 Å². The number of carbonyl (C=O) groups is 1. The van der Waals surface area contributed by atoms with Crippen molar-refractivity contribution in [1.82, 2.24) is 9.47 Å². The molecule has 0 saturated carbocycles. The van der Waals surface area contributed by atoms with Crippen LogP contribution >= 0.6 is 23.4 Å². The highest BCUT2D eigenvalue weighted by Crippen LogP contribution is 2.32. The first-order valence-electron chi connectivity index (χ1n) is 8.08. The van der Waals surface area contributed by atoms with E-state index < -0.39 is 5.91 Å². The molecular weight excluding hydrogens is 384 g/mol. The average Bonchev–Trinajstić information content (AvgIpc) is 3.25. The lowest BCUT2D eigenvalue weighted by molar-refractivity contribution is -0.114. The monoisotopic (exact) mass is 398 g/mol. The van der Waals surface area contributed by atoms with Crippen molar-refractivity contribution in [1.29, 1.82) is 5.41 Å². The maximum atomic E-state index is 12.5. The highest BCUT2D eigenvalue weighted by molar-refractivity contribution is 8.16. The van der Waals surface area contributed by atoms with Crippen molar-refractivity contribution in [3.05, 3.63) is 63.9 Å². The fraction of sp³-hybridized carbons (Fsp3) is 0.105. The lowest BCUT2D eigenvalue weighted by Crippen LogP contribution is -2.37. The summed E-state index contributed by atoms with van der Waals surface area (Å²) >= 11 is 7.59. The molecule has 0 spiro atoms. The SMILES string of the molecule is COc1ccc(-n2cccc2/C=C2/C(=N)N3C(C)=CSC3=NC2=O)cc1Cl. The van der Waals surface area contributed by atoms with Crippen LogP contribution in [0.3, 0.4) is 0 Å². The van der Waals surface area contributed by atoms with Gasteiger partial charge < -0.3 is 9.30 Å². The predicted octanol–water partition coefficient (Wildman–Crippen LogP) is 4.31. The highest BCUT2D eigenvalue weighted by atomic mass is 35.5. The molecule has 136 valence electrons. The molecule has 6 nitrogen and oxygen atoms in total. The van der Waals surface area contributed by atoms with Crippen LogP contribution in [0.25, 0.3) is 11.8 Å². The normalized spacial score (nSPS) is 17.9. The third kappa shape index (κ3) is 2.98. The number of hydrogen-bond donors (Lipinski definition) is 1. The van der Waals surface area contributed by atoms with Crippen molar-refractivity contribution < 1.29 is 9.53 Å². The molecule has 2 aliphatic rings. The number of amidine groups is 2. The Morgan fingerprint density at radius 3 is 2.89 bits per heavy atom. The molecule has 0 bridgehead atoms. The number of nitrogens with zero attached hydrogens (tertiary/aromatic N) is 3. The number of aliphatic imine (C=N–C) groups is 1. The van der Waals surface area contributed by atoms with Crippen molar-refractivity contribution >= 4 is 46.3 Å². The zero-order valence-electron chi connectivity index (χ0n) is 14.6. The zero-order valence-corrected chi connectivity index (χ0v) is 16.1. The summed E-state index contributed by atoms with van der Waals surface area (Å²) in [4.78, 5) is 18.2. The van der Waals surface area contributed by atoms with Crippen molar-refractivity contribution in [2.75, 3.05) is 7.11 Å². The van der Waals surface area contributed by atoms with Gasteiger partial charge in [0.15, 0.2) is 5.17 Å². The number of amides is 1. The summed E-state index contributed by atoms with van der Waals surface area (Å²) in [6.07, 6.45) is 3.55. The summed E-state index contributed by atoms with van der Waals surface area (Å²) in [5.41, 5.74) is 2.69. The van der Waals surface area contributed by atoms with E-state index in [1.54, 1.807) is 30.2 Å². The van der Waals surface area contributed by atoms with E-state index in [0.29, 0.717) is 15.9 Å². The van der Waals surface area contributed by atoms with Crippen LogP contribution in [0.5, 0.6) is 5.75 Å². The van der Waals surface area contributed by atoms with Crippen LogP contribution in [0.4, 0.5) is 0 Å². The highest BCUT2D eigenvalue weighted by Gasteiger charge is 2.34. The molecule has 3 heterocycles. The maximum absolute atomic E-state index is 12.5. The molecule has 2 aliphatic heterocycles. The number of thioether (sulfide) groups is 1. The van der Waals surface area contributed by atoms with Crippen LogP contribution in [0.1, 0.15) is 12.6 Å². The molecule has 8 heteroatoms. The zero-order chi connectivity index (χ0) is 19.1. The van der Waals surface area contributed by atoms with E-state index in [0.717, 1.165) is 17.1 Å². The summed E-state index contributed by atoms with van der Waals surface area (Å²) in [6.45, 7) is 1.89. The van der Waals surface area contributed by atoms with E-state index >= 15 is 0 Å². The minimum absolute atomic E-state index is 0.129. The molecule has 1 amide bonds. The maximum Gasteiger partial charge on any atom is 0.283 e. The number of rotatable bonds is 3. The Kier molecular flexibility index (Phi) is 4.41. The largest absolute Gasteiger partial charge is 0.495 e. The smallest absolute Gasteiger partial charge is 0.283 e. The first kappa shape index (κ1) is 17.6. The van der Waals surface area contributed by atoms with E-state index in [-0.39, 0.29) is 11.4 Å². The molecule has 0 radical (unpaired) electrons. The predicted molar refractivity (Wildman–Crippen MR) is 109 cm³/mol. The topological polar surface area (TPSA) is 70.7 Å². The van der Waals surface area contributed by atoms with Crippen LogP contribution in [-0.2, 0) is 4.79 Å². The van der Waals surface area contributed by atoms with Crippen LogP contribution in [0, 0.1) is 5.41 Å². The Balaban J connectivity index is 1.75. The van der Waals surface area contributed by atoms with Crippen molar-refractivity contribution in [2.45, 2.75) is 6.92 Å². The second-order valence-corrected chi connectivity index (χ2v) is 7.18. The Labute approximate surface area is 165 Å². The fourth-order valence-electron chi connectivity index (χ4n) is 2.94. The molecule has 27 heavy (non-hydrogen) atoms. The molecule has 0 atom stereocenters. The van der Waals surface area contributed by atoms with Gasteiger partial charge in [-0.1, -0.05) is 23.4 Å². The number of hydrogen-bond acceptors (Lipinski definition) is 4. The Hall–Kier alpha value is -2.77. The van der Waals surface area contributed by atoms with Gasteiger partial charge in [0.1, 0.15) is 11.6 Å². The Morgan fingerprint density at radius 1 is 1.33 bits per heavy atom. The van der Waals surface area contributed by atoms with Gasteiger partial charge in [-0.3, -0.25) is 15.1 Å². The van der Waals surface area contributed by atoms with Gasteiger partial charge in [0.2, 0.25) is 0 Å². The second-order valence-electron chi connectivity index (χ2n) is 5.94. The molecule has 0 saturated heterocycles. The standard InChI is InChI=1S/C19H15ClN4O2S/c1-11-10-27-19-22-18(25)14(17(21)24(11)19)8-12-4-3-7-23(12)13-5-6-16(26-2)15(20)9-13/h3-10,21H,1-2H3/b14-8-,21-17?. The molecular formula is C19H15ClN4O2S. The number of benzene rings is 1. The van der Waals surface area contributed by atoms with Gasteiger partial charge in [0.05, 0.1) is 17.7 Å². The number of fused-ring (bicyclic) bond motifs is 1. The summed E-state index contributed by atoms with van der Waals surface area (Å²) < 4.78 is 7.08. The minimum Gasteiger partial charge on any atom is -0.495 e. The Bertz CT molecular complexity index is 1070. The number of halogens is 1. The van der Waals surface area contributed by atoms with Crippen LogP contribution in [0.15, 0.2) is 58.2 Å². The average molecular weight is 399 g/mol. The summed E-state index contributed by atoms with van der Waals surface area (Å²) in [6, 6.07) is 9.19. The van der Waals surface area contributed by atoms with Crippen LogP contribution in [-0.4, -0.2) is 33.5 Å². The van der Waals surface area contributed by atoms with Gasteiger partial charge >= 0.3 is 0 Å². The van der Waals surface area contributed by atoms with Gasteiger partial charge in [-0.25, -0.2) is 0 Å². The first-order chi connectivity index (χ1) is 13.0. The van der Waals surface area contributed by atoms with Crippen molar-refractivity contribution in [3.8, 4) is 11.4 Å². The van der Waals surface area contributed by atoms with Gasteiger partial charge in [-0.15, -0.1) is 0 Å². The number of methoxy groups -OCH3 is 1. The molecule has 0 aliphatic carbocycles. The first-order valence-corrected chi connectivity index (χ1v) is 9.34. The lowest BCUT2D eigenvalue weighted by atomic mass is 10.1. The van der Waals surface area contributed by atoms with Gasteiger partial charge in [0.25, 0.3) is 5.91 Å². The van der Waals surface area contributed by atoms with Crippen molar-refractivity contribution in [3.63, 3.8) is 0 Å². The molecule has 4 rings (SSSR count). The molecule has 0 fully saturated rings. The van der Waals surface area contributed by atoms with Crippen LogP contribution in [0.2, 0.25) is 5.02 Å². The van der Waals surface area contributed by atoms with Gasteiger partial charge in [-0.05, 0) is 48.7 Å². The molecule has 1 N–H and O–H groups in total. The summed E-state index contributed by atoms with van der Waals surface area (Å²) in [5, 5.41) is 11.4. The Morgan fingerprint density at radius 2 is 2.15 bits per heavy atom. The number of allylic oxidation sites excluding steroid dienone is 1. The number of aromatic nitrogens is 1. The van der Waals surface area contributed by atoms with E-state index in [9.17, 15) is 4.79 Å². The molecule has 1 aromatic heterocycles. The van der Waals surface area contributed by atoms with Crippen molar-refractivity contribution in [2.24, 2.45) is 4.99 Å². The molecule has 2 aromatic rings. The third-order valence-electron chi connectivity index (χ3n) is 4.27.